The van der Waals surface area contributed by atoms with E-state index in [-0.39, 0.29) is 34.1 Å². The molecular formula is C17H19NO4S. The molecule has 1 amide bonds. The molecule has 0 saturated heterocycles. The molecule has 122 valence electrons. The predicted octanol–water partition coefficient (Wildman–Crippen LogP) is 2.93. The molecule has 1 saturated carbocycles. The molecule has 1 aliphatic rings. The highest BCUT2D eigenvalue weighted by molar-refractivity contribution is 7.90. The summed E-state index contributed by atoms with van der Waals surface area (Å²) in [5.41, 5.74) is 0. The van der Waals surface area contributed by atoms with Crippen LogP contribution in [0.25, 0.3) is 0 Å². The van der Waals surface area contributed by atoms with Crippen LogP contribution in [0.15, 0.2) is 51.8 Å². The van der Waals surface area contributed by atoms with E-state index < -0.39 is 9.84 Å². The molecule has 1 heterocycles. The van der Waals surface area contributed by atoms with Crippen molar-refractivity contribution in [3.8, 4) is 0 Å². The molecular weight excluding hydrogens is 314 g/mol. The van der Waals surface area contributed by atoms with Crippen LogP contribution in [0.2, 0.25) is 0 Å². The van der Waals surface area contributed by atoms with Crippen molar-refractivity contribution < 1.29 is 17.6 Å². The van der Waals surface area contributed by atoms with Crippen molar-refractivity contribution in [2.75, 3.05) is 0 Å². The van der Waals surface area contributed by atoms with Crippen LogP contribution in [0.4, 0.5) is 0 Å². The Morgan fingerprint density at radius 1 is 1.09 bits per heavy atom. The Hall–Kier alpha value is -2.08. The zero-order chi connectivity index (χ0) is 16.3. The largest absolute Gasteiger partial charge is 0.455 e. The highest BCUT2D eigenvalue weighted by Gasteiger charge is 2.22. The summed E-state index contributed by atoms with van der Waals surface area (Å²) in [5, 5.41) is 2.92. The molecule has 0 aliphatic heterocycles. The maximum Gasteiger partial charge on any atom is 0.287 e. The van der Waals surface area contributed by atoms with E-state index in [1.807, 2.05) is 0 Å². The van der Waals surface area contributed by atoms with Gasteiger partial charge in [-0.1, -0.05) is 31.0 Å². The number of furan rings is 1. The second-order valence-corrected chi connectivity index (χ2v) is 7.78. The summed E-state index contributed by atoms with van der Waals surface area (Å²) >= 11 is 0. The van der Waals surface area contributed by atoms with Gasteiger partial charge in [-0.3, -0.25) is 4.79 Å². The molecule has 0 unspecified atom stereocenters. The van der Waals surface area contributed by atoms with E-state index in [9.17, 15) is 13.2 Å². The van der Waals surface area contributed by atoms with Gasteiger partial charge in [-0.25, -0.2) is 8.42 Å². The molecule has 0 spiro atoms. The van der Waals surface area contributed by atoms with Gasteiger partial charge in [-0.2, -0.15) is 0 Å². The molecule has 1 aromatic heterocycles. The van der Waals surface area contributed by atoms with Gasteiger partial charge in [0.15, 0.2) is 15.6 Å². The zero-order valence-corrected chi connectivity index (χ0v) is 13.5. The van der Waals surface area contributed by atoms with E-state index in [0.717, 1.165) is 25.7 Å². The van der Waals surface area contributed by atoms with E-state index >= 15 is 0 Å². The van der Waals surface area contributed by atoms with Crippen molar-refractivity contribution in [1.82, 2.24) is 5.32 Å². The van der Waals surface area contributed by atoms with Gasteiger partial charge in [0.25, 0.3) is 5.91 Å². The van der Waals surface area contributed by atoms with Gasteiger partial charge in [0.2, 0.25) is 0 Å². The molecule has 0 atom stereocenters. The Morgan fingerprint density at radius 2 is 1.78 bits per heavy atom. The second kappa shape index (κ2) is 6.58. The normalized spacial score (nSPS) is 15.7. The van der Waals surface area contributed by atoms with Gasteiger partial charge in [-0.05, 0) is 37.1 Å². The standard InChI is InChI=1S/C17H19NO4S/c19-17(18-13-6-4-5-7-13)16-11-10-14(22-16)12-23(20,21)15-8-2-1-3-9-15/h1-3,8-11,13H,4-7,12H2,(H,18,19). The first kappa shape index (κ1) is 15.8. The summed E-state index contributed by atoms with van der Waals surface area (Å²) in [7, 11) is -3.47. The monoisotopic (exact) mass is 333 g/mol. The molecule has 0 bridgehead atoms. The number of carbonyl (C=O) groups excluding carboxylic acids is 1. The Kier molecular flexibility index (Phi) is 4.52. The lowest BCUT2D eigenvalue weighted by atomic mass is 10.2. The Balaban J connectivity index is 1.68. The van der Waals surface area contributed by atoms with Crippen molar-refractivity contribution in [3.05, 3.63) is 54.0 Å². The molecule has 1 fully saturated rings. The molecule has 6 heteroatoms. The van der Waals surface area contributed by atoms with Crippen LogP contribution in [0, 0.1) is 0 Å². The quantitative estimate of drug-likeness (QED) is 0.913. The summed E-state index contributed by atoms with van der Waals surface area (Å²) in [5.74, 6) is -0.103. The Bertz CT molecular complexity index is 774. The van der Waals surface area contributed by atoms with Crippen LogP contribution in [0.3, 0.4) is 0 Å². The zero-order valence-electron chi connectivity index (χ0n) is 12.7. The van der Waals surface area contributed by atoms with Gasteiger partial charge in [0.05, 0.1) is 4.90 Å². The number of amides is 1. The smallest absolute Gasteiger partial charge is 0.287 e. The summed E-state index contributed by atoms with van der Waals surface area (Å²) in [6.45, 7) is 0. The third-order valence-electron chi connectivity index (χ3n) is 4.01. The van der Waals surface area contributed by atoms with Crippen molar-refractivity contribution >= 4 is 15.7 Å². The fourth-order valence-electron chi connectivity index (χ4n) is 2.80. The van der Waals surface area contributed by atoms with Crippen molar-refractivity contribution in [3.63, 3.8) is 0 Å². The maximum atomic E-state index is 12.3. The Labute approximate surface area is 135 Å². The van der Waals surface area contributed by atoms with Crippen molar-refractivity contribution in [2.24, 2.45) is 0 Å². The Morgan fingerprint density at radius 3 is 2.48 bits per heavy atom. The third-order valence-corrected chi connectivity index (χ3v) is 5.67. The number of carbonyl (C=O) groups is 1. The number of nitrogens with one attached hydrogen (secondary N) is 1. The van der Waals surface area contributed by atoms with Crippen LogP contribution in [-0.4, -0.2) is 20.4 Å². The number of benzene rings is 1. The highest BCUT2D eigenvalue weighted by atomic mass is 32.2. The number of hydrogen-bond acceptors (Lipinski definition) is 4. The SMILES string of the molecule is O=C(NC1CCCC1)c1ccc(CS(=O)(=O)c2ccccc2)o1. The third kappa shape index (κ3) is 3.82. The van der Waals surface area contributed by atoms with E-state index in [0.29, 0.717) is 0 Å². The van der Waals surface area contributed by atoms with Gasteiger partial charge in [-0.15, -0.1) is 0 Å². The molecule has 23 heavy (non-hydrogen) atoms. The summed E-state index contributed by atoms with van der Waals surface area (Å²) in [6.07, 6.45) is 4.23. The van der Waals surface area contributed by atoms with Crippen LogP contribution in [-0.2, 0) is 15.6 Å². The minimum absolute atomic E-state index is 0.162. The van der Waals surface area contributed by atoms with Crippen molar-refractivity contribution in [1.29, 1.82) is 0 Å². The van der Waals surface area contributed by atoms with Crippen LogP contribution in [0.1, 0.15) is 42.0 Å². The summed E-state index contributed by atoms with van der Waals surface area (Å²) in [4.78, 5) is 12.3. The minimum Gasteiger partial charge on any atom is -0.455 e. The summed E-state index contributed by atoms with van der Waals surface area (Å²) in [6, 6.07) is 11.5. The van der Waals surface area contributed by atoms with E-state index in [1.54, 1.807) is 36.4 Å². The molecule has 2 aromatic rings. The van der Waals surface area contributed by atoms with Crippen molar-refractivity contribution in [2.45, 2.75) is 42.4 Å². The maximum absolute atomic E-state index is 12.3. The van der Waals surface area contributed by atoms with Crippen LogP contribution >= 0.6 is 0 Å². The van der Waals surface area contributed by atoms with Gasteiger partial charge >= 0.3 is 0 Å². The van der Waals surface area contributed by atoms with Crippen LogP contribution in [0.5, 0.6) is 0 Å². The first-order valence-corrected chi connectivity index (χ1v) is 9.37. The highest BCUT2D eigenvalue weighted by Crippen LogP contribution is 2.20. The second-order valence-electron chi connectivity index (χ2n) is 5.79. The first-order chi connectivity index (χ1) is 11.0. The van der Waals surface area contributed by atoms with Gasteiger partial charge in [0.1, 0.15) is 11.5 Å². The lowest BCUT2D eigenvalue weighted by Crippen LogP contribution is -2.32. The molecule has 1 N–H and O–H groups in total. The van der Waals surface area contributed by atoms with Gasteiger partial charge < -0.3 is 9.73 Å². The fourth-order valence-corrected chi connectivity index (χ4v) is 4.07. The van der Waals surface area contributed by atoms with E-state index in [2.05, 4.69) is 5.32 Å². The van der Waals surface area contributed by atoms with E-state index in [1.165, 1.54) is 6.07 Å². The predicted molar refractivity (Wildman–Crippen MR) is 85.8 cm³/mol. The topological polar surface area (TPSA) is 76.4 Å². The minimum atomic E-state index is -3.47. The molecule has 5 nitrogen and oxygen atoms in total. The lowest BCUT2D eigenvalue weighted by molar-refractivity contribution is 0.0908. The molecule has 1 aromatic carbocycles. The average Bonchev–Trinajstić information content (AvgIpc) is 3.19. The molecule has 0 radical (unpaired) electrons. The van der Waals surface area contributed by atoms with Crippen LogP contribution < -0.4 is 5.32 Å². The number of sulfone groups is 1. The van der Waals surface area contributed by atoms with E-state index in [4.69, 9.17) is 4.42 Å². The summed E-state index contributed by atoms with van der Waals surface area (Å²) < 4.78 is 30.0. The average molecular weight is 333 g/mol. The first-order valence-electron chi connectivity index (χ1n) is 7.72. The molecule has 3 rings (SSSR count). The lowest BCUT2D eigenvalue weighted by Gasteiger charge is -2.09. The fraction of sp³-hybridized carbons (Fsp3) is 0.353. The number of rotatable bonds is 5. The molecule has 1 aliphatic carbocycles. The number of hydrogen-bond donors (Lipinski definition) is 1. The van der Waals surface area contributed by atoms with Gasteiger partial charge in [0, 0.05) is 6.04 Å².